The highest BCUT2D eigenvalue weighted by Gasteiger charge is 2.34. The maximum absolute atomic E-state index is 13.3. The van der Waals surface area contributed by atoms with Gasteiger partial charge in [0.05, 0.1) is 17.5 Å². The lowest BCUT2D eigenvalue weighted by Crippen LogP contribution is -2.31. The first-order valence-electron chi connectivity index (χ1n) is 10.4. The number of carbonyl (C=O) groups excluding carboxylic acids is 1. The molecule has 0 radical (unpaired) electrons. The molecule has 9 nitrogen and oxygen atoms in total. The Morgan fingerprint density at radius 1 is 1.09 bits per heavy atom. The summed E-state index contributed by atoms with van der Waals surface area (Å²) < 4.78 is 7.51. The second-order valence-electron chi connectivity index (χ2n) is 7.55. The Labute approximate surface area is 190 Å². The van der Waals surface area contributed by atoms with Crippen LogP contribution in [0.25, 0.3) is 0 Å². The summed E-state index contributed by atoms with van der Waals surface area (Å²) in [6.07, 6.45) is 3.25. The van der Waals surface area contributed by atoms with Crippen LogP contribution in [0.3, 0.4) is 0 Å². The largest absolute Gasteiger partial charge is 0.489 e. The molecule has 1 aliphatic rings. The van der Waals surface area contributed by atoms with Crippen LogP contribution >= 0.6 is 0 Å². The van der Waals surface area contributed by atoms with Crippen molar-refractivity contribution < 1.29 is 9.53 Å². The molecule has 0 unspecified atom stereocenters. The Kier molecular flexibility index (Phi) is 5.50. The Morgan fingerprint density at radius 3 is 2.67 bits per heavy atom. The molecule has 4 aromatic rings. The SMILES string of the molecule is CC1=C(C(=O)Nc2cccnc2)[C@@H](c2ccc(OCc3ccccc3)cc2)n2nnnc2N1. The summed E-state index contributed by atoms with van der Waals surface area (Å²) in [4.78, 5) is 17.3. The van der Waals surface area contributed by atoms with Crippen LogP contribution in [0.15, 0.2) is 90.4 Å². The summed E-state index contributed by atoms with van der Waals surface area (Å²) in [6.45, 7) is 2.31. The van der Waals surface area contributed by atoms with E-state index in [1.54, 1.807) is 29.2 Å². The first-order chi connectivity index (χ1) is 16.2. The number of pyridine rings is 1. The number of tetrazole rings is 1. The fraction of sp³-hybridized carbons (Fsp3) is 0.125. The zero-order chi connectivity index (χ0) is 22.6. The number of aromatic nitrogens is 5. The minimum atomic E-state index is -0.504. The Bertz CT molecular complexity index is 1290. The number of nitrogens with zero attached hydrogens (tertiary/aromatic N) is 5. The summed E-state index contributed by atoms with van der Waals surface area (Å²) in [7, 11) is 0. The van der Waals surface area contributed by atoms with Gasteiger partial charge in [-0.25, -0.2) is 0 Å². The minimum absolute atomic E-state index is 0.261. The monoisotopic (exact) mass is 439 g/mol. The number of fused-ring (bicyclic) bond motifs is 1. The van der Waals surface area contributed by atoms with Gasteiger partial charge in [0, 0.05) is 11.9 Å². The molecule has 3 heterocycles. The number of hydrogen-bond acceptors (Lipinski definition) is 7. The molecule has 1 amide bonds. The standard InChI is InChI=1S/C24H21N7O2/c1-16-21(23(32)27-19-8-5-13-25-14-19)22(31-24(26-16)28-29-30-31)18-9-11-20(12-10-18)33-15-17-6-3-2-4-7-17/h2-14,22H,15H2,1H3,(H,27,32)(H,26,28,30)/t22-/m1/s1. The van der Waals surface area contributed by atoms with Gasteiger partial charge in [-0.15, -0.1) is 0 Å². The summed E-state index contributed by atoms with van der Waals surface area (Å²) in [5.74, 6) is 0.943. The van der Waals surface area contributed by atoms with Crippen molar-refractivity contribution in [2.45, 2.75) is 19.6 Å². The summed E-state index contributed by atoms with van der Waals surface area (Å²) in [5, 5.41) is 18.0. The quantitative estimate of drug-likeness (QED) is 0.473. The van der Waals surface area contributed by atoms with Gasteiger partial charge in [-0.2, -0.15) is 4.68 Å². The van der Waals surface area contributed by atoms with Gasteiger partial charge in [0.15, 0.2) is 0 Å². The number of amides is 1. The number of nitrogens with one attached hydrogen (secondary N) is 2. The molecule has 2 N–H and O–H groups in total. The third-order valence-electron chi connectivity index (χ3n) is 5.32. The second-order valence-corrected chi connectivity index (χ2v) is 7.55. The summed E-state index contributed by atoms with van der Waals surface area (Å²) in [6, 6.07) is 20.6. The Hall–Kier alpha value is -4.53. The van der Waals surface area contributed by atoms with Crippen molar-refractivity contribution in [2.24, 2.45) is 0 Å². The van der Waals surface area contributed by atoms with Crippen molar-refractivity contribution in [1.82, 2.24) is 25.2 Å². The van der Waals surface area contributed by atoms with Crippen molar-refractivity contribution in [3.63, 3.8) is 0 Å². The minimum Gasteiger partial charge on any atom is -0.489 e. The molecular weight excluding hydrogens is 418 g/mol. The molecule has 0 saturated carbocycles. The molecule has 0 saturated heterocycles. The lowest BCUT2D eigenvalue weighted by atomic mass is 9.95. The molecule has 2 aromatic heterocycles. The molecule has 9 heteroatoms. The van der Waals surface area contributed by atoms with Crippen molar-refractivity contribution >= 4 is 17.5 Å². The van der Waals surface area contributed by atoms with Gasteiger partial charge in [0.1, 0.15) is 18.4 Å². The van der Waals surface area contributed by atoms with E-state index in [4.69, 9.17) is 4.74 Å². The third-order valence-corrected chi connectivity index (χ3v) is 5.32. The number of benzene rings is 2. The van der Waals surface area contributed by atoms with E-state index in [1.807, 2.05) is 61.5 Å². The Morgan fingerprint density at radius 2 is 1.91 bits per heavy atom. The van der Waals surface area contributed by atoms with Crippen LogP contribution in [0.1, 0.15) is 24.1 Å². The average Bonchev–Trinajstić information content (AvgIpc) is 3.31. The molecule has 164 valence electrons. The highest BCUT2D eigenvalue weighted by atomic mass is 16.5. The molecular formula is C24H21N7O2. The smallest absolute Gasteiger partial charge is 0.255 e. The van der Waals surface area contributed by atoms with Gasteiger partial charge in [0.2, 0.25) is 5.95 Å². The predicted octanol–water partition coefficient (Wildman–Crippen LogP) is 3.57. The number of ether oxygens (including phenoxy) is 1. The van der Waals surface area contributed by atoms with Gasteiger partial charge < -0.3 is 15.4 Å². The zero-order valence-corrected chi connectivity index (χ0v) is 17.8. The predicted molar refractivity (Wildman–Crippen MR) is 122 cm³/mol. The molecule has 1 aliphatic heterocycles. The van der Waals surface area contributed by atoms with E-state index in [-0.39, 0.29) is 5.91 Å². The molecule has 0 bridgehead atoms. The van der Waals surface area contributed by atoms with E-state index in [0.29, 0.717) is 29.5 Å². The highest BCUT2D eigenvalue weighted by molar-refractivity contribution is 6.05. The summed E-state index contributed by atoms with van der Waals surface area (Å²) >= 11 is 0. The van der Waals surface area contributed by atoms with Crippen molar-refractivity contribution in [2.75, 3.05) is 10.6 Å². The van der Waals surface area contributed by atoms with Gasteiger partial charge in [-0.1, -0.05) is 47.6 Å². The van der Waals surface area contributed by atoms with Crippen molar-refractivity contribution in [3.05, 3.63) is 102 Å². The van der Waals surface area contributed by atoms with Crippen LogP contribution < -0.4 is 15.4 Å². The third kappa shape index (κ3) is 4.29. The maximum atomic E-state index is 13.3. The normalized spacial score (nSPS) is 14.9. The van der Waals surface area contributed by atoms with Crippen LogP contribution in [-0.4, -0.2) is 31.1 Å². The van der Waals surface area contributed by atoms with E-state index in [0.717, 1.165) is 16.9 Å². The number of anilines is 2. The molecule has 0 spiro atoms. The molecule has 2 aromatic carbocycles. The highest BCUT2D eigenvalue weighted by Crippen LogP contribution is 2.35. The van der Waals surface area contributed by atoms with E-state index in [1.165, 1.54) is 0 Å². The molecule has 0 aliphatic carbocycles. The van der Waals surface area contributed by atoms with Crippen LogP contribution in [0.5, 0.6) is 5.75 Å². The maximum Gasteiger partial charge on any atom is 0.255 e. The van der Waals surface area contributed by atoms with Gasteiger partial charge in [-0.3, -0.25) is 9.78 Å². The molecule has 33 heavy (non-hydrogen) atoms. The van der Waals surface area contributed by atoms with Crippen LogP contribution in [0, 0.1) is 0 Å². The van der Waals surface area contributed by atoms with Crippen LogP contribution in [0.2, 0.25) is 0 Å². The molecule has 0 fully saturated rings. The molecule has 5 rings (SSSR count). The average molecular weight is 439 g/mol. The zero-order valence-electron chi connectivity index (χ0n) is 17.8. The van der Waals surface area contributed by atoms with Gasteiger partial charge in [0.25, 0.3) is 5.91 Å². The van der Waals surface area contributed by atoms with Crippen LogP contribution in [-0.2, 0) is 11.4 Å². The first kappa shape index (κ1) is 20.4. The lowest BCUT2D eigenvalue weighted by molar-refractivity contribution is -0.113. The number of hydrogen-bond donors (Lipinski definition) is 2. The van der Waals surface area contributed by atoms with Crippen molar-refractivity contribution in [3.8, 4) is 5.75 Å². The van der Waals surface area contributed by atoms with E-state index in [9.17, 15) is 4.79 Å². The van der Waals surface area contributed by atoms with Crippen molar-refractivity contribution in [1.29, 1.82) is 0 Å². The van der Waals surface area contributed by atoms with E-state index >= 15 is 0 Å². The van der Waals surface area contributed by atoms with Gasteiger partial charge in [-0.05, 0) is 52.7 Å². The topological polar surface area (TPSA) is 107 Å². The Balaban J connectivity index is 1.42. The lowest BCUT2D eigenvalue weighted by Gasteiger charge is -2.28. The fourth-order valence-corrected chi connectivity index (χ4v) is 3.74. The van der Waals surface area contributed by atoms with Crippen LogP contribution in [0.4, 0.5) is 11.6 Å². The number of allylic oxidation sites excluding steroid dienone is 1. The van der Waals surface area contributed by atoms with Gasteiger partial charge >= 0.3 is 0 Å². The molecule has 1 atom stereocenters. The fourth-order valence-electron chi connectivity index (χ4n) is 3.74. The first-order valence-corrected chi connectivity index (χ1v) is 10.4. The number of rotatable bonds is 6. The van der Waals surface area contributed by atoms with E-state index < -0.39 is 6.04 Å². The summed E-state index contributed by atoms with van der Waals surface area (Å²) in [5.41, 5.74) is 3.73. The second kappa shape index (κ2) is 8.91. The number of carbonyl (C=O) groups is 1. The van der Waals surface area contributed by atoms with E-state index in [2.05, 4.69) is 31.1 Å².